The Morgan fingerprint density at radius 1 is 0.783 bits per heavy atom. The monoisotopic (exact) mass is 627 g/mol. The zero-order chi connectivity index (χ0) is 32.7. The number of hydrogen-bond acceptors (Lipinski definition) is 7. The molecule has 0 fully saturated rings. The van der Waals surface area contributed by atoms with Crippen molar-refractivity contribution >= 4 is 11.9 Å². The third-order valence-electron chi connectivity index (χ3n) is 7.70. The maximum Gasteiger partial charge on any atom is 0.338 e. The van der Waals surface area contributed by atoms with Gasteiger partial charge in [0.15, 0.2) is 0 Å². The first-order valence-electron chi connectivity index (χ1n) is 15.6. The molecule has 4 aromatic carbocycles. The van der Waals surface area contributed by atoms with Crippen molar-refractivity contribution in [2.75, 3.05) is 33.9 Å². The standard InChI is InChI=1S/C38H42FNO6/c1-4-45-38(42)32-14-8-28(9-15-32)26-40(23-6-5-7-37(41)44-3)24-22-33-25-34(39)18-21-36(33)46-27-29-10-12-30(13-11-29)31-16-19-35(43-2)20-17-31/h8-21,25H,4-7,22-24,26-27H2,1-3H3. The summed E-state index contributed by atoms with van der Waals surface area (Å²) in [6.07, 6.45) is 2.44. The zero-order valence-corrected chi connectivity index (χ0v) is 26.8. The van der Waals surface area contributed by atoms with E-state index in [9.17, 15) is 14.0 Å². The van der Waals surface area contributed by atoms with Gasteiger partial charge in [-0.3, -0.25) is 9.69 Å². The average molecular weight is 628 g/mol. The van der Waals surface area contributed by atoms with Crippen LogP contribution in [0.1, 0.15) is 53.2 Å². The van der Waals surface area contributed by atoms with Crippen molar-refractivity contribution in [2.45, 2.75) is 45.8 Å². The molecule has 0 bridgehead atoms. The molecule has 4 rings (SSSR count). The minimum Gasteiger partial charge on any atom is -0.497 e. The molecule has 0 aromatic heterocycles. The normalized spacial score (nSPS) is 10.9. The molecule has 0 aliphatic rings. The summed E-state index contributed by atoms with van der Waals surface area (Å²) in [7, 11) is 3.04. The Hall–Kier alpha value is -4.69. The average Bonchev–Trinajstić information content (AvgIpc) is 3.09. The van der Waals surface area contributed by atoms with Crippen molar-refractivity contribution in [3.05, 3.63) is 119 Å². The molecule has 0 N–H and O–H groups in total. The van der Waals surface area contributed by atoms with Crippen LogP contribution < -0.4 is 9.47 Å². The van der Waals surface area contributed by atoms with Crippen LogP contribution in [-0.2, 0) is 33.8 Å². The first-order valence-corrected chi connectivity index (χ1v) is 15.6. The smallest absolute Gasteiger partial charge is 0.338 e. The van der Waals surface area contributed by atoms with Crippen molar-refractivity contribution in [3.63, 3.8) is 0 Å². The quantitative estimate of drug-likeness (QED) is 0.0880. The molecular weight excluding hydrogens is 585 g/mol. The van der Waals surface area contributed by atoms with Gasteiger partial charge in [-0.25, -0.2) is 9.18 Å². The van der Waals surface area contributed by atoms with E-state index in [2.05, 4.69) is 17.0 Å². The third-order valence-corrected chi connectivity index (χ3v) is 7.70. The number of benzene rings is 4. The van der Waals surface area contributed by atoms with Gasteiger partial charge in [0, 0.05) is 19.5 Å². The Morgan fingerprint density at radius 3 is 2.11 bits per heavy atom. The number of carbonyl (C=O) groups is 2. The molecule has 242 valence electrons. The summed E-state index contributed by atoms with van der Waals surface area (Å²) in [6.45, 7) is 4.47. The number of hydrogen-bond donors (Lipinski definition) is 0. The maximum absolute atomic E-state index is 14.4. The molecule has 0 saturated heterocycles. The molecule has 7 nitrogen and oxygen atoms in total. The summed E-state index contributed by atoms with van der Waals surface area (Å²) in [5.41, 5.74) is 5.52. The van der Waals surface area contributed by atoms with Crippen LogP contribution >= 0.6 is 0 Å². The molecule has 0 aliphatic carbocycles. The minimum absolute atomic E-state index is 0.224. The van der Waals surface area contributed by atoms with Gasteiger partial charge in [0.1, 0.15) is 23.9 Å². The van der Waals surface area contributed by atoms with Gasteiger partial charge in [-0.05, 0) is 103 Å². The second-order valence-corrected chi connectivity index (χ2v) is 10.9. The Labute approximate surface area is 270 Å². The first kappa shape index (κ1) is 34.2. The van der Waals surface area contributed by atoms with Gasteiger partial charge in [0.05, 0.1) is 26.4 Å². The SMILES string of the molecule is CCOC(=O)c1ccc(CN(CCCCC(=O)OC)CCc2cc(F)ccc2OCc2ccc(-c3ccc(OC)cc3)cc2)cc1. The largest absolute Gasteiger partial charge is 0.497 e. The fourth-order valence-electron chi connectivity index (χ4n) is 5.10. The Bertz CT molecular complexity index is 1540. The molecule has 0 saturated carbocycles. The number of nitrogens with zero attached hydrogens (tertiary/aromatic N) is 1. The van der Waals surface area contributed by atoms with E-state index >= 15 is 0 Å². The molecule has 0 atom stereocenters. The van der Waals surface area contributed by atoms with Crippen LogP contribution in [0, 0.1) is 5.82 Å². The summed E-state index contributed by atoms with van der Waals surface area (Å²) < 4.78 is 35.7. The van der Waals surface area contributed by atoms with Gasteiger partial charge < -0.3 is 18.9 Å². The van der Waals surface area contributed by atoms with Crippen molar-refractivity contribution in [1.29, 1.82) is 0 Å². The predicted molar refractivity (Wildman–Crippen MR) is 176 cm³/mol. The number of ether oxygens (including phenoxy) is 4. The van der Waals surface area contributed by atoms with Crippen molar-refractivity contribution in [3.8, 4) is 22.6 Å². The van der Waals surface area contributed by atoms with Gasteiger partial charge in [0.2, 0.25) is 0 Å². The molecule has 4 aromatic rings. The van der Waals surface area contributed by atoms with E-state index in [-0.39, 0.29) is 17.8 Å². The van der Waals surface area contributed by atoms with Crippen LogP contribution in [0.2, 0.25) is 0 Å². The highest BCUT2D eigenvalue weighted by atomic mass is 19.1. The van der Waals surface area contributed by atoms with Gasteiger partial charge in [-0.1, -0.05) is 48.5 Å². The van der Waals surface area contributed by atoms with E-state index in [1.54, 1.807) is 32.2 Å². The maximum atomic E-state index is 14.4. The van der Waals surface area contributed by atoms with E-state index in [4.69, 9.17) is 18.9 Å². The summed E-state index contributed by atoms with van der Waals surface area (Å²) in [5.74, 6) is 0.573. The van der Waals surface area contributed by atoms with E-state index in [1.165, 1.54) is 19.2 Å². The summed E-state index contributed by atoms with van der Waals surface area (Å²) in [5, 5.41) is 0. The fourth-order valence-corrected chi connectivity index (χ4v) is 5.10. The fraction of sp³-hybridized carbons (Fsp3) is 0.316. The second-order valence-electron chi connectivity index (χ2n) is 10.9. The molecule has 0 aliphatic heterocycles. The topological polar surface area (TPSA) is 74.3 Å². The van der Waals surface area contributed by atoms with Crippen LogP contribution in [-0.4, -0.2) is 50.8 Å². The summed E-state index contributed by atoms with van der Waals surface area (Å²) >= 11 is 0. The Kier molecular flexibility index (Phi) is 13.2. The minimum atomic E-state index is -0.347. The predicted octanol–water partition coefficient (Wildman–Crippen LogP) is 7.65. The third kappa shape index (κ3) is 10.4. The highest BCUT2D eigenvalue weighted by molar-refractivity contribution is 5.89. The Morgan fingerprint density at radius 2 is 1.46 bits per heavy atom. The number of esters is 2. The lowest BCUT2D eigenvalue weighted by molar-refractivity contribution is -0.140. The lowest BCUT2D eigenvalue weighted by Crippen LogP contribution is -2.27. The number of rotatable bonds is 17. The summed E-state index contributed by atoms with van der Waals surface area (Å²) in [4.78, 5) is 25.9. The molecule has 0 unspecified atom stereocenters. The molecule has 46 heavy (non-hydrogen) atoms. The summed E-state index contributed by atoms with van der Waals surface area (Å²) in [6, 6.07) is 28.1. The van der Waals surface area contributed by atoms with Gasteiger partial charge in [0.25, 0.3) is 0 Å². The molecule has 0 amide bonds. The Balaban J connectivity index is 1.40. The second kappa shape index (κ2) is 17.7. The van der Waals surface area contributed by atoms with Crippen LogP contribution in [0.5, 0.6) is 11.5 Å². The van der Waals surface area contributed by atoms with Gasteiger partial charge in [-0.15, -0.1) is 0 Å². The lowest BCUT2D eigenvalue weighted by atomic mass is 10.0. The number of methoxy groups -OCH3 is 2. The van der Waals surface area contributed by atoms with Crippen molar-refractivity contribution in [2.24, 2.45) is 0 Å². The molecule has 0 radical (unpaired) electrons. The van der Waals surface area contributed by atoms with E-state index < -0.39 is 0 Å². The van der Waals surface area contributed by atoms with Gasteiger partial charge in [-0.2, -0.15) is 0 Å². The molecule has 8 heteroatoms. The van der Waals surface area contributed by atoms with Crippen molar-refractivity contribution < 1.29 is 32.9 Å². The molecular formula is C38H42FNO6. The number of carbonyl (C=O) groups excluding carboxylic acids is 2. The van der Waals surface area contributed by atoms with E-state index in [0.29, 0.717) is 56.9 Å². The van der Waals surface area contributed by atoms with Crippen LogP contribution in [0.4, 0.5) is 4.39 Å². The van der Waals surface area contributed by atoms with E-state index in [0.717, 1.165) is 46.5 Å². The molecule has 0 spiro atoms. The lowest BCUT2D eigenvalue weighted by Gasteiger charge is -2.23. The highest BCUT2D eigenvalue weighted by Gasteiger charge is 2.13. The number of halogens is 1. The van der Waals surface area contributed by atoms with Gasteiger partial charge >= 0.3 is 11.9 Å². The zero-order valence-electron chi connectivity index (χ0n) is 26.8. The van der Waals surface area contributed by atoms with Crippen LogP contribution in [0.15, 0.2) is 91.0 Å². The highest BCUT2D eigenvalue weighted by Crippen LogP contribution is 2.25. The van der Waals surface area contributed by atoms with Crippen LogP contribution in [0.3, 0.4) is 0 Å². The number of unbranched alkanes of at least 4 members (excludes halogenated alkanes) is 1. The van der Waals surface area contributed by atoms with E-state index in [1.807, 2.05) is 48.5 Å². The van der Waals surface area contributed by atoms with Crippen LogP contribution in [0.25, 0.3) is 11.1 Å². The first-order chi connectivity index (χ1) is 22.4. The molecule has 0 heterocycles. The van der Waals surface area contributed by atoms with Crippen molar-refractivity contribution in [1.82, 2.24) is 4.90 Å².